The lowest BCUT2D eigenvalue weighted by atomic mass is 10.2. The molecule has 1 aliphatic heterocycles. The lowest BCUT2D eigenvalue weighted by Crippen LogP contribution is -2.47. The van der Waals surface area contributed by atoms with Gasteiger partial charge in [0, 0.05) is 38.3 Å². The van der Waals surface area contributed by atoms with E-state index in [2.05, 4.69) is 32.6 Å². The van der Waals surface area contributed by atoms with E-state index in [4.69, 9.17) is 8.94 Å². The Kier molecular flexibility index (Phi) is 5.16. The molecule has 3 rings (SSSR count). The van der Waals surface area contributed by atoms with Crippen LogP contribution in [0, 0.1) is 10.7 Å². The van der Waals surface area contributed by atoms with Gasteiger partial charge in [-0.25, -0.2) is 0 Å². The highest BCUT2D eigenvalue weighted by Gasteiger charge is 2.20. The smallest absolute Gasteiger partial charge is 0.246 e. The van der Waals surface area contributed by atoms with E-state index in [1.54, 1.807) is 12.2 Å². The van der Waals surface area contributed by atoms with Gasteiger partial charge in [-0.3, -0.25) is 9.69 Å². The van der Waals surface area contributed by atoms with Crippen molar-refractivity contribution in [1.29, 1.82) is 0 Å². The molecule has 122 valence electrons. The van der Waals surface area contributed by atoms with Crippen LogP contribution in [0.2, 0.25) is 0 Å². The highest BCUT2D eigenvalue weighted by Crippen LogP contribution is 2.13. The van der Waals surface area contributed by atoms with Crippen molar-refractivity contribution < 1.29 is 13.7 Å². The SMILES string of the molecule is Cc1cc(CN2CCN(C(=O)/C=C/c3ccc(I)o3)CC2)on1. The summed E-state index contributed by atoms with van der Waals surface area (Å²) in [5, 5.41) is 3.90. The first-order chi connectivity index (χ1) is 11.1. The molecule has 2 aromatic heterocycles. The monoisotopic (exact) mass is 427 g/mol. The maximum Gasteiger partial charge on any atom is 0.246 e. The Morgan fingerprint density at radius 2 is 2.13 bits per heavy atom. The van der Waals surface area contributed by atoms with Gasteiger partial charge in [0.2, 0.25) is 5.91 Å². The quantitative estimate of drug-likeness (QED) is 0.555. The number of rotatable bonds is 4. The van der Waals surface area contributed by atoms with Crippen LogP contribution in [0.4, 0.5) is 0 Å². The van der Waals surface area contributed by atoms with Crippen LogP contribution in [0.15, 0.2) is 33.2 Å². The fraction of sp³-hybridized carbons (Fsp3) is 0.375. The van der Waals surface area contributed by atoms with Crippen molar-refractivity contribution in [2.75, 3.05) is 26.2 Å². The van der Waals surface area contributed by atoms with Crippen molar-refractivity contribution in [2.45, 2.75) is 13.5 Å². The fourth-order valence-electron chi connectivity index (χ4n) is 2.51. The van der Waals surface area contributed by atoms with Gasteiger partial charge >= 0.3 is 0 Å². The molecule has 23 heavy (non-hydrogen) atoms. The second kappa shape index (κ2) is 7.31. The number of carbonyl (C=O) groups excluding carboxylic acids is 1. The topological polar surface area (TPSA) is 62.7 Å². The van der Waals surface area contributed by atoms with Crippen LogP contribution in [0.1, 0.15) is 17.2 Å². The summed E-state index contributed by atoms with van der Waals surface area (Å²) in [6, 6.07) is 5.67. The van der Waals surface area contributed by atoms with Gasteiger partial charge in [0.15, 0.2) is 9.53 Å². The number of halogens is 1. The van der Waals surface area contributed by atoms with Crippen LogP contribution in [0.5, 0.6) is 0 Å². The molecule has 0 saturated carbocycles. The summed E-state index contributed by atoms with van der Waals surface area (Å²) in [6.45, 7) is 5.74. The average molecular weight is 427 g/mol. The number of carbonyl (C=O) groups is 1. The molecule has 0 N–H and O–H groups in total. The number of nitrogens with zero attached hydrogens (tertiary/aromatic N) is 3. The standard InChI is InChI=1S/C16H18IN3O3/c1-12-10-14(23-18-12)11-19-6-8-20(9-7-19)16(21)5-3-13-2-4-15(17)22-13/h2-5,10H,6-9,11H2,1H3/b5-3+. The number of aryl methyl sites for hydroxylation is 1. The molecule has 0 radical (unpaired) electrons. The van der Waals surface area contributed by atoms with Gasteiger partial charge in [-0.15, -0.1) is 0 Å². The molecular weight excluding hydrogens is 409 g/mol. The third-order valence-corrected chi connectivity index (χ3v) is 4.30. The molecule has 0 unspecified atom stereocenters. The van der Waals surface area contributed by atoms with E-state index in [1.807, 2.05) is 30.0 Å². The third kappa shape index (κ3) is 4.44. The minimum Gasteiger partial charge on any atom is -0.451 e. The van der Waals surface area contributed by atoms with E-state index < -0.39 is 0 Å². The minimum atomic E-state index is 0.0200. The van der Waals surface area contributed by atoms with E-state index in [0.29, 0.717) is 18.8 Å². The van der Waals surface area contributed by atoms with Crippen molar-refractivity contribution in [3.63, 3.8) is 0 Å². The number of piperazine rings is 1. The molecule has 6 nitrogen and oxygen atoms in total. The normalized spacial score (nSPS) is 16.3. The molecule has 0 atom stereocenters. The molecule has 0 aliphatic carbocycles. The van der Waals surface area contributed by atoms with E-state index in [9.17, 15) is 4.79 Å². The average Bonchev–Trinajstić information content (AvgIpc) is 3.14. The van der Waals surface area contributed by atoms with Crippen molar-refractivity contribution in [3.8, 4) is 0 Å². The number of amides is 1. The van der Waals surface area contributed by atoms with Gasteiger partial charge in [0.05, 0.1) is 12.2 Å². The zero-order valence-corrected chi connectivity index (χ0v) is 15.0. The molecule has 2 aromatic rings. The van der Waals surface area contributed by atoms with Crippen LogP contribution in [-0.4, -0.2) is 47.0 Å². The van der Waals surface area contributed by atoms with Crippen molar-refractivity contribution >= 4 is 34.6 Å². The van der Waals surface area contributed by atoms with Crippen LogP contribution in [-0.2, 0) is 11.3 Å². The molecule has 3 heterocycles. The van der Waals surface area contributed by atoms with Crippen molar-refractivity contribution in [2.24, 2.45) is 0 Å². The van der Waals surface area contributed by atoms with Crippen molar-refractivity contribution in [1.82, 2.24) is 15.0 Å². The summed E-state index contributed by atoms with van der Waals surface area (Å²) in [5.41, 5.74) is 0.895. The van der Waals surface area contributed by atoms with Crippen LogP contribution < -0.4 is 0 Å². The summed E-state index contributed by atoms with van der Waals surface area (Å²) in [7, 11) is 0. The summed E-state index contributed by atoms with van der Waals surface area (Å²) in [4.78, 5) is 16.3. The first-order valence-electron chi connectivity index (χ1n) is 7.47. The Bertz CT molecular complexity index is 699. The summed E-state index contributed by atoms with van der Waals surface area (Å²) >= 11 is 2.10. The van der Waals surface area contributed by atoms with Gasteiger partial charge in [-0.05, 0) is 47.7 Å². The predicted octanol–water partition coefficient (Wildman–Crippen LogP) is 2.54. The van der Waals surface area contributed by atoms with Crippen LogP contribution in [0.3, 0.4) is 0 Å². The van der Waals surface area contributed by atoms with Crippen LogP contribution >= 0.6 is 22.6 Å². The summed E-state index contributed by atoms with van der Waals surface area (Å²) < 4.78 is 11.5. The summed E-state index contributed by atoms with van der Waals surface area (Å²) in [6.07, 6.45) is 3.29. The Morgan fingerprint density at radius 1 is 1.35 bits per heavy atom. The van der Waals surface area contributed by atoms with Crippen molar-refractivity contribution in [3.05, 3.63) is 45.3 Å². The van der Waals surface area contributed by atoms with Gasteiger partial charge in [0.1, 0.15) is 5.76 Å². The molecule has 1 amide bonds. The van der Waals surface area contributed by atoms with E-state index >= 15 is 0 Å². The number of hydrogen-bond acceptors (Lipinski definition) is 5. The van der Waals surface area contributed by atoms with Gasteiger partial charge in [-0.1, -0.05) is 5.16 Å². The first kappa shape index (κ1) is 16.3. The van der Waals surface area contributed by atoms with E-state index in [0.717, 1.165) is 34.9 Å². The second-order valence-corrected chi connectivity index (χ2v) is 6.57. The maximum absolute atomic E-state index is 12.2. The fourth-order valence-corrected chi connectivity index (χ4v) is 2.95. The predicted molar refractivity (Wildman–Crippen MR) is 93.6 cm³/mol. The molecule has 0 bridgehead atoms. The zero-order valence-electron chi connectivity index (χ0n) is 12.9. The first-order valence-corrected chi connectivity index (χ1v) is 8.55. The van der Waals surface area contributed by atoms with E-state index in [1.165, 1.54) is 0 Å². The Labute approximate surface area is 148 Å². The summed E-state index contributed by atoms with van der Waals surface area (Å²) in [5.74, 6) is 1.59. The molecule has 0 spiro atoms. The molecule has 1 fully saturated rings. The Morgan fingerprint density at radius 3 is 2.74 bits per heavy atom. The largest absolute Gasteiger partial charge is 0.451 e. The van der Waals surface area contributed by atoms with Crippen LogP contribution in [0.25, 0.3) is 6.08 Å². The number of furan rings is 1. The highest BCUT2D eigenvalue weighted by molar-refractivity contribution is 14.1. The Balaban J connectivity index is 1.48. The Hall–Kier alpha value is -1.61. The molecular formula is C16H18IN3O3. The maximum atomic E-state index is 12.2. The van der Waals surface area contributed by atoms with Gasteiger partial charge in [-0.2, -0.15) is 0 Å². The molecule has 1 saturated heterocycles. The number of aromatic nitrogens is 1. The second-order valence-electron chi connectivity index (χ2n) is 5.51. The minimum absolute atomic E-state index is 0.0200. The van der Waals surface area contributed by atoms with Gasteiger partial charge < -0.3 is 13.8 Å². The number of hydrogen-bond donors (Lipinski definition) is 0. The molecule has 1 aliphatic rings. The lowest BCUT2D eigenvalue weighted by molar-refractivity contribution is -0.127. The van der Waals surface area contributed by atoms with E-state index in [-0.39, 0.29) is 5.91 Å². The zero-order chi connectivity index (χ0) is 16.2. The lowest BCUT2D eigenvalue weighted by Gasteiger charge is -2.33. The van der Waals surface area contributed by atoms with Gasteiger partial charge in [0.25, 0.3) is 0 Å². The third-order valence-electron chi connectivity index (χ3n) is 3.72. The highest BCUT2D eigenvalue weighted by atomic mass is 127. The molecule has 7 heteroatoms. The molecule has 0 aromatic carbocycles.